The SMILES string of the molecule is CCOc1ccc(C(=O)N[C@@H]2CCC[C@@H]2C(=O)O)cc1[N+](=O)[O-]. The van der Waals surface area contributed by atoms with Crippen LogP contribution in [0.3, 0.4) is 0 Å². The van der Waals surface area contributed by atoms with E-state index in [1.165, 1.54) is 12.1 Å². The molecule has 2 rings (SSSR count). The third-order valence-electron chi connectivity index (χ3n) is 3.87. The Morgan fingerprint density at radius 1 is 1.43 bits per heavy atom. The third-order valence-corrected chi connectivity index (χ3v) is 3.87. The molecule has 0 unspecified atom stereocenters. The Hall–Kier alpha value is -2.64. The van der Waals surface area contributed by atoms with Gasteiger partial charge in [0.15, 0.2) is 5.75 Å². The maximum Gasteiger partial charge on any atom is 0.311 e. The quantitative estimate of drug-likeness (QED) is 0.610. The molecule has 1 aliphatic carbocycles. The topological polar surface area (TPSA) is 119 Å². The summed E-state index contributed by atoms with van der Waals surface area (Å²) in [7, 11) is 0. The van der Waals surface area contributed by atoms with Gasteiger partial charge in [-0.2, -0.15) is 0 Å². The van der Waals surface area contributed by atoms with E-state index in [0.29, 0.717) is 12.8 Å². The normalized spacial score (nSPS) is 20.0. The number of carboxylic acid groups (broad SMARTS) is 1. The highest BCUT2D eigenvalue weighted by atomic mass is 16.6. The molecule has 1 aromatic carbocycles. The molecule has 1 saturated carbocycles. The molecule has 23 heavy (non-hydrogen) atoms. The van der Waals surface area contributed by atoms with Crippen molar-refractivity contribution in [3.05, 3.63) is 33.9 Å². The van der Waals surface area contributed by atoms with E-state index in [9.17, 15) is 19.7 Å². The van der Waals surface area contributed by atoms with Crippen LogP contribution in [0.5, 0.6) is 5.75 Å². The molecule has 0 aromatic heterocycles. The Morgan fingerprint density at radius 3 is 2.78 bits per heavy atom. The number of carboxylic acids is 1. The first-order chi connectivity index (χ1) is 10.9. The van der Waals surface area contributed by atoms with Crippen LogP contribution in [0.15, 0.2) is 18.2 Å². The summed E-state index contributed by atoms with van der Waals surface area (Å²) in [5.41, 5.74) is -0.183. The number of amides is 1. The molecule has 2 atom stereocenters. The number of benzene rings is 1. The second kappa shape index (κ2) is 7.08. The number of nitro groups is 1. The van der Waals surface area contributed by atoms with Crippen LogP contribution in [0, 0.1) is 16.0 Å². The third kappa shape index (κ3) is 3.77. The van der Waals surface area contributed by atoms with Crippen molar-refractivity contribution in [2.24, 2.45) is 5.92 Å². The lowest BCUT2D eigenvalue weighted by Crippen LogP contribution is -2.40. The smallest absolute Gasteiger partial charge is 0.311 e. The van der Waals surface area contributed by atoms with Crippen LogP contribution in [0.4, 0.5) is 5.69 Å². The average Bonchev–Trinajstić information content (AvgIpc) is 2.96. The molecular formula is C15H18N2O6. The monoisotopic (exact) mass is 322 g/mol. The van der Waals surface area contributed by atoms with Gasteiger partial charge in [0, 0.05) is 17.7 Å². The molecular weight excluding hydrogens is 304 g/mol. The molecule has 0 radical (unpaired) electrons. The van der Waals surface area contributed by atoms with E-state index < -0.39 is 28.8 Å². The lowest BCUT2D eigenvalue weighted by Gasteiger charge is -2.17. The standard InChI is InChI=1S/C15H18N2O6/c1-2-23-13-7-6-9(8-12(13)17(21)22)14(18)16-11-5-3-4-10(11)15(19)20/h6-8,10-11H,2-5H2,1H3,(H,16,18)(H,19,20)/t10-,11+/m0/s1. The van der Waals surface area contributed by atoms with Crippen LogP contribution in [-0.4, -0.2) is 34.6 Å². The van der Waals surface area contributed by atoms with Gasteiger partial charge in [-0.25, -0.2) is 0 Å². The maximum absolute atomic E-state index is 12.2. The van der Waals surface area contributed by atoms with E-state index >= 15 is 0 Å². The molecule has 2 N–H and O–H groups in total. The van der Waals surface area contributed by atoms with Crippen molar-refractivity contribution in [1.29, 1.82) is 0 Å². The molecule has 1 aromatic rings. The fraction of sp³-hybridized carbons (Fsp3) is 0.467. The minimum absolute atomic E-state index is 0.0957. The van der Waals surface area contributed by atoms with E-state index in [1.807, 2.05) is 0 Å². The lowest BCUT2D eigenvalue weighted by molar-refractivity contribution is -0.385. The molecule has 0 saturated heterocycles. The average molecular weight is 322 g/mol. The number of nitrogens with zero attached hydrogens (tertiary/aromatic N) is 1. The Morgan fingerprint density at radius 2 is 2.17 bits per heavy atom. The lowest BCUT2D eigenvalue weighted by atomic mass is 10.0. The van der Waals surface area contributed by atoms with Gasteiger partial charge in [0.2, 0.25) is 0 Å². The summed E-state index contributed by atoms with van der Waals surface area (Å²) >= 11 is 0. The summed E-state index contributed by atoms with van der Waals surface area (Å²) in [6.45, 7) is 1.98. The van der Waals surface area contributed by atoms with E-state index in [4.69, 9.17) is 9.84 Å². The predicted molar refractivity (Wildman–Crippen MR) is 80.5 cm³/mol. The van der Waals surface area contributed by atoms with Gasteiger partial charge in [-0.3, -0.25) is 19.7 Å². The Labute approximate surface area is 132 Å². The zero-order valence-corrected chi connectivity index (χ0v) is 12.7. The summed E-state index contributed by atoms with van der Waals surface area (Å²) in [4.78, 5) is 33.8. The van der Waals surface area contributed by atoms with E-state index in [2.05, 4.69) is 5.32 Å². The Kier molecular flexibility index (Phi) is 5.15. The van der Waals surface area contributed by atoms with E-state index in [0.717, 1.165) is 12.5 Å². The van der Waals surface area contributed by atoms with Gasteiger partial charge < -0.3 is 15.2 Å². The zero-order chi connectivity index (χ0) is 17.0. The van der Waals surface area contributed by atoms with Crippen LogP contribution in [0.25, 0.3) is 0 Å². The summed E-state index contributed by atoms with van der Waals surface area (Å²) < 4.78 is 5.16. The first kappa shape index (κ1) is 16.7. The molecule has 1 fully saturated rings. The number of rotatable bonds is 6. The van der Waals surface area contributed by atoms with Crippen molar-refractivity contribution in [2.45, 2.75) is 32.2 Å². The van der Waals surface area contributed by atoms with Crippen molar-refractivity contribution in [3.63, 3.8) is 0 Å². The van der Waals surface area contributed by atoms with Gasteiger partial charge in [0.25, 0.3) is 5.91 Å². The van der Waals surface area contributed by atoms with Crippen LogP contribution in [0.2, 0.25) is 0 Å². The first-order valence-electron chi connectivity index (χ1n) is 7.39. The van der Waals surface area contributed by atoms with Crippen molar-refractivity contribution in [1.82, 2.24) is 5.32 Å². The fourth-order valence-corrected chi connectivity index (χ4v) is 2.76. The molecule has 124 valence electrons. The number of carbonyl (C=O) groups excluding carboxylic acids is 1. The molecule has 1 aliphatic rings. The Balaban J connectivity index is 2.17. The molecule has 8 nitrogen and oxygen atoms in total. The molecule has 0 spiro atoms. The van der Waals surface area contributed by atoms with Gasteiger partial charge in [-0.05, 0) is 31.9 Å². The first-order valence-corrected chi connectivity index (χ1v) is 7.39. The van der Waals surface area contributed by atoms with Crippen molar-refractivity contribution in [3.8, 4) is 5.75 Å². The highest BCUT2D eigenvalue weighted by Crippen LogP contribution is 2.29. The summed E-state index contributed by atoms with van der Waals surface area (Å²) in [6.07, 6.45) is 1.83. The number of hydrogen-bond donors (Lipinski definition) is 2. The molecule has 0 heterocycles. The van der Waals surface area contributed by atoms with Crippen LogP contribution < -0.4 is 10.1 Å². The molecule has 0 aliphatic heterocycles. The summed E-state index contributed by atoms with van der Waals surface area (Å²) in [6, 6.07) is 3.49. The van der Waals surface area contributed by atoms with Gasteiger partial charge in [0.05, 0.1) is 17.4 Å². The maximum atomic E-state index is 12.2. The second-order valence-electron chi connectivity index (χ2n) is 5.33. The number of nitro benzene ring substituents is 1. The van der Waals surface area contributed by atoms with Gasteiger partial charge in [-0.1, -0.05) is 6.42 Å². The number of hydrogen-bond acceptors (Lipinski definition) is 5. The highest BCUT2D eigenvalue weighted by Gasteiger charge is 2.34. The number of aliphatic carboxylic acids is 1. The van der Waals surface area contributed by atoms with Gasteiger partial charge in [0.1, 0.15) is 0 Å². The summed E-state index contributed by atoms with van der Waals surface area (Å²) in [5.74, 6) is -1.98. The number of nitrogens with one attached hydrogen (secondary N) is 1. The minimum Gasteiger partial charge on any atom is -0.487 e. The van der Waals surface area contributed by atoms with Crippen molar-refractivity contribution in [2.75, 3.05) is 6.61 Å². The Bertz CT molecular complexity index is 630. The largest absolute Gasteiger partial charge is 0.487 e. The van der Waals surface area contributed by atoms with Crippen LogP contribution >= 0.6 is 0 Å². The highest BCUT2D eigenvalue weighted by molar-refractivity contribution is 5.95. The number of ether oxygens (including phenoxy) is 1. The molecule has 8 heteroatoms. The minimum atomic E-state index is -0.939. The van der Waals surface area contributed by atoms with Crippen molar-refractivity contribution < 1.29 is 24.4 Å². The van der Waals surface area contributed by atoms with Crippen molar-refractivity contribution >= 4 is 17.6 Å². The fourth-order valence-electron chi connectivity index (χ4n) is 2.76. The van der Waals surface area contributed by atoms with E-state index in [1.54, 1.807) is 6.92 Å². The van der Waals surface area contributed by atoms with Gasteiger partial charge in [-0.15, -0.1) is 0 Å². The second-order valence-corrected chi connectivity index (χ2v) is 5.33. The van der Waals surface area contributed by atoms with Crippen LogP contribution in [0.1, 0.15) is 36.5 Å². The number of carbonyl (C=O) groups is 2. The van der Waals surface area contributed by atoms with Crippen LogP contribution in [-0.2, 0) is 4.79 Å². The summed E-state index contributed by atoms with van der Waals surface area (Å²) in [5, 5.41) is 22.9. The van der Waals surface area contributed by atoms with E-state index in [-0.39, 0.29) is 23.6 Å². The molecule has 0 bridgehead atoms. The molecule has 1 amide bonds. The van der Waals surface area contributed by atoms with Gasteiger partial charge >= 0.3 is 11.7 Å². The predicted octanol–water partition coefficient (Wildman–Crippen LogP) is 1.98. The zero-order valence-electron chi connectivity index (χ0n) is 12.7.